The van der Waals surface area contributed by atoms with Crippen LogP contribution in [-0.4, -0.2) is 72.4 Å². The molecule has 0 radical (unpaired) electrons. The number of oxime groups is 1. The normalized spacial score (nSPS) is 17.9. The minimum Gasteiger partial charge on any atom is -0.494 e. The zero-order chi connectivity index (χ0) is 25.7. The standard InChI is InChI=1S/C25H30FN5O5/c1-15-28-19(11-21(29-15)25(33)27-13-16-4-5-18(26)23(10-16)35-3)20-12-22(36-30-20)17-6-8-31(9-7-17)24(32)14-34-2/h4-5,10-11,17,22H,6-9,12-14H2,1-3H3,(H,27,33). The highest BCUT2D eigenvalue weighted by Gasteiger charge is 2.34. The quantitative estimate of drug-likeness (QED) is 0.592. The summed E-state index contributed by atoms with van der Waals surface area (Å²) in [5.41, 5.74) is 2.12. The van der Waals surface area contributed by atoms with Gasteiger partial charge in [-0.05, 0) is 43.5 Å². The Morgan fingerprint density at radius 1 is 1.19 bits per heavy atom. The molecule has 3 heterocycles. The topological polar surface area (TPSA) is 115 Å². The van der Waals surface area contributed by atoms with Crippen LogP contribution in [0.4, 0.5) is 4.39 Å². The molecule has 1 fully saturated rings. The van der Waals surface area contributed by atoms with E-state index in [2.05, 4.69) is 20.4 Å². The Hall–Kier alpha value is -3.60. The SMILES string of the molecule is COCC(=O)N1CCC(C2CC(c3cc(C(=O)NCc4ccc(F)c(OC)c4)nc(C)n3)=NO2)CC1. The predicted molar refractivity (Wildman–Crippen MR) is 128 cm³/mol. The summed E-state index contributed by atoms with van der Waals surface area (Å²) in [6, 6.07) is 6.01. The molecule has 0 spiro atoms. The number of carbonyl (C=O) groups is 2. The molecule has 192 valence electrons. The number of carbonyl (C=O) groups excluding carboxylic acids is 2. The largest absolute Gasteiger partial charge is 0.494 e. The van der Waals surface area contributed by atoms with Crippen LogP contribution in [0.3, 0.4) is 0 Å². The number of aryl methyl sites for hydroxylation is 1. The molecule has 4 rings (SSSR count). The first-order chi connectivity index (χ1) is 17.4. The van der Waals surface area contributed by atoms with Crippen LogP contribution < -0.4 is 10.1 Å². The van der Waals surface area contributed by atoms with E-state index in [0.29, 0.717) is 42.3 Å². The van der Waals surface area contributed by atoms with Crippen LogP contribution in [0.5, 0.6) is 5.75 Å². The molecule has 1 aromatic heterocycles. The van der Waals surface area contributed by atoms with Crippen molar-refractivity contribution in [2.45, 2.75) is 38.8 Å². The average molecular weight is 500 g/mol. The number of rotatable bonds is 8. The minimum atomic E-state index is -0.466. The fourth-order valence-electron chi connectivity index (χ4n) is 4.45. The number of ether oxygens (including phenoxy) is 2. The number of halogens is 1. The van der Waals surface area contributed by atoms with Gasteiger partial charge in [0.2, 0.25) is 5.91 Å². The number of hydrogen-bond donors (Lipinski definition) is 1. The molecule has 2 aromatic rings. The van der Waals surface area contributed by atoms with Crippen LogP contribution in [0.25, 0.3) is 0 Å². The van der Waals surface area contributed by atoms with Gasteiger partial charge in [-0.15, -0.1) is 0 Å². The Morgan fingerprint density at radius 2 is 1.97 bits per heavy atom. The molecular weight excluding hydrogens is 469 g/mol. The lowest BCUT2D eigenvalue weighted by atomic mass is 9.88. The van der Waals surface area contributed by atoms with Crippen LogP contribution in [0.2, 0.25) is 0 Å². The van der Waals surface area contributed by atoms with Crippen molar-refractivity contribution in [2.75, 3.05) is 33.9 Å². The number of piperidine rings is 1. The molecule has 1 unspecified atom stereocenters. The molecular formula is C25H30FN5O5. The maximum absolute atomic E-state index is 13.6. The maximum atomic E-state index is 13.6. The molecule has 1 saturated heterocycles. The number of amides is 2. The Kier molecular flexibility index (Phi) is 8.09. The van der Waals surface area contributed by atoms with Gasteiger partial charge in [0.15, 0.2) is 11.6 Å². The Labute approximate surface area is 208 Å². The Balaban J connectivity index is 1.35. The van der Waals surface area contributed by atoms with Crippen molar-refractivity contribution in [2.24, 2.45) is 11.1 Å². The Bertz CT molecular complexity index is 1150. The molecule has 10 nitrogen and oxygen atoms in total. The van der Waals surface area contributed by atoms with Crippen molar-refractivity contribution in [1.82, 2.24) is 20.2 Å². The molecule has 2 aliphatic rings. The van der Waals surface area contributed by atoms with Gasteiger partial charge in [-0.1, -0.05) is 11.2 Å². The summed E-state index contributed by atoms with van der Waals surface area (Å²) in [4.78, 5) is 41.1. The van der Waals surface area contributed by atoms with E-state index in [4.69, 9.17) is 14.3 Å². The van der Waals surface area contributed by atoms with E-state index in [9.17, 15) is 14.0 Å². The summed E-state index contributed by atoms with van der Waals surface area (Å²) in [6.07, 6.45) is 2.13. The van der Waals surface area contributed by atoms with Gasteiger partial charge in [-0.3, -0.25) is 9.59 Å². The molecule has 1 N–H and O–H groups in total. The van der Waals surface area contributed by atoms with E-state index >= 15 is 0 Å². The van der Waals surface area contributed by atoms with Gasteiger partial charge in [-0.2, -0.15) is 0 Å². The van der Waals surface area contributed by atoms with Gasteiger partial charge in [-0.25, -0.2) is 14.4 Å². The molecule has 1 aromatic carbocycles. The van der Waals surface area contributed by atoms with Gasteiger partial charge in [0.1, 0.15) is 29.9 Å². The molecule has 2 aliphatic heterocycles. The number of hydrogen-bond acceptors (Lipinski definition) is 8. The average Bonchev–Trinajstić information content (AvgIpc) is 3.38. The van der Waals surface area contributed by atoms with Crippen LogP contribution in [0.15, 0.2) is 29.4 Å². The van der Waals surface area contributed by atoms with Crippen molar-refractivity contribution in [3.63, 3.8) is 0 Å². The minimum absolute atomic E-state index is 0.000983. The van der Waals surface area contributed by atoms with Gasteiger partial charge in [0.05, 0.1) is 12.8 Å². The van der Waals surface area contributed by atoms with Crippen LogP contribution in [0, 0.1) is 18.7 Å². The maximum Gasteiger partial charge on any atom is 0.270 e. The van der Waals surface area contributed by atoms with E-state index in [1.54, 1.807) is 19.1 Å². The van der Waals surface area contributed by atoms with Crippen molar-refractivity contribution >= 4 is 17.5 Å². The number of nitrogens with one attached hydrogen (secondary N) is 1. The number of benzene rings is 1. The number of methoxy groups -OCH3 is 2. The lowest BCUT2D eigenvalue weighted by Crippen LogP contribution is -2.42. The molecule has 36 heavy (non-hydrogen) atoms. The van der Waals surface area contributed by atoms with E-state index in [1.807, 2.05) is 4.90 Å². The zero-order valence-electron chi connectivity index (χ0n) is 20.6. The summed E-state index contributed by atoms with van der Waals surface area (Å²) >= 11 is 0. The lowest BCUT2D eigenvalue weighted by molar-refractivity contribution is -0.137. The number of likely N-dealkylation sites (tertiary alicyclic amines) is 1. The van der Waals surface area contributed by atoms with Crippen molar-refractivity contribution < 1.29 is 28.3 Å². The number of nitrogens with zero attached hydrogens (tertiary/aromatic N) is 4. The van der Waals surface area contributed by atoms with Gasteiger partial charge >= 0.3 is 0 Å². The Morgan fingerprint density at radius 3 is 2.69 bits per heavy atom. The fourth-order valence-corrected chi connectivity index (χ4v) is 4.45. The molecule has 0 aliphatic carbocycles. The number of aromatic nitrogens is 2. The molecule has 0 saturated carbocycles. The second-order valence-corrected chi connectivity index (χ2v) is 8.87. The smallest absolute Gasteiger partial charge is 0.270 e. The van der Waals surface area contributed by atoms with Gasteiger partial charge in [0.25, 0.3) is 5.91 Å². The first-order valence-electron chi connectivity index (χ1n) is 11.8. The highest BCUT2D eigenvalue weighted by molar-refractivity contribution is 6.02. The van der Waals surface area contributed by atoms with E-state index < -0.39 is 5.82 Å². The third-order valence-corrected chi connectivity index (χ3v) is 6.41. The van der Waals surface area contributed by atoms with Crippen LogP contribution >= 0.6 is 0 Å². The third-order valence-electron chi connectivity index (χ3n) is 6.41. The van der Waals surface area contributed by atoms with Crippen LogP contribution in [0.1, 0.15) is 46.8 Å². The summed E-state index contributed by atoms with van der Waals surface area (Å²) in [5.74, 6) is -0.0154. The zero-order valence-corrected chi connectivity index (χ0v) is 20.6. The third kappa shape index (κ3) is 5.96. The summed E-state index contributed by atoms with van der Waals surface area (Å²) < 4.78 is 23.6. The first kappa shape index (κ1) is 25.5. The van der Waals surface area contributed by atoms with Gasteiger partial charge < -0.3 is 24.5 Å². The molecule has 11 heteroatoms. The van der Waals surface area contributed by atoms with E-state index in [-0.39, 0.29) is 48.4 Å². The van der Waals surface area contributed by atoms with Crippen molar-refractivity contribution in [3.05, 3.63) is 52.9 Å². The second-order valence-electron chi connectivity index (χ2n) is 8.87. The summed E-state index contributed by atoms with van der Waals surface area (Å²) in [6.45, 7) is 3.33. The molecule has 0 bridgehead atoms. The predicted octanol–water partition coefficient (Wildman–Crippen LogP) is 2.24. The van der Waals surface area contributed by atoms with Crippen molar-refractivity contribution in [3.8, 4) is 5.75 Å². The summed E-state index contributed by atoms with van der Waals surface area (Å²) in [5, 5.41) is 7.05. The van der Waals surface area contributed by atoms with Gasteiger partial charge in [0, 0.05) is 39.1 Å². The van der Waals surface area contributed by atoms with Crippen LogP contribution in [-0.2, 0) is 20.9 Å². The molecule has 1 atom stereocenters. The van der Waals surface area contributed by atoms with E-state index in [1.165, 1.54) is 26.4 Å². The lowest BCUT2D eigenvalue weighted by Gasteiger charge is -2.33. The molecule has 2 amide bonds. The van der Waals surface area contributed by atoms with Crippen molar-refractivity contribution in [1.29, 1.82) is 0 Å². The summed E-state index contributed by atoms with van der Waals surface area (Å²) in [7, 11) is 2.90. The fraction of sp³-hybridized carbons (Fsp3) is 0.480. The first-order valence-corrected chi connectivity index (χ1v) is 11.8. The van der Waals surface area contributed by atoms with E-state index in [0.717, 1.165) is 12.8 Å². The highest BCUT2D eigenvalue weighted by atomic mass is 19.1. The highest BCUT2D eigenvalue weighted by Crippen LogP contribution is 2.29. The monoisotopic (exact) mass is 499 g/mol. The second kappa shape index (κ2) is 11.4.